The number of hydrogen-bond donors (Lipinski definition) is 0. The predicted octanol–water partition coefficient (Wildman–Crippen LogP) is 4.86. The van der Waals surface area contributed by atoms with Gasteiger partial charge in [0.1, 0.15) is 23.7 Å². The van der Waals surface area contributed by atoms with Crippen LogP contribution in [0.25, 0.3) is 0 Å². The van der Waals surface area contributed by atoms with Crippen LogP contribution in [0.2, 0.25) is 0 Å². The monoisotopic (exact) mass is 446 g/mol. The second-order valence-electron chi connectivity index (χ2n) is 7.73. The quantitative estimate of drug-likeness (QED) is 0.345. The van der Waals surface area contributed by atoms with Gasteiger partial charge in [-0.25, -0.2) is 9.59 Å². The maximum atomic E-state index is 12.7. The lowest BCUT2D eigenvalue weighted by Crippen LogP contribution is -2.17. The lowest BCUT2D eigenvalue weighted by molar-refractivity contribution is 0.0161. The first kappa shape index (κ1) is 22.6. The molecule has 1 aliphatic heterocycles. The Labute approximate surface area is 193 Å². The number of ether oxygens (including phenoxy) is 4. The van der Waals surface area contributed by atoms with E-state index in [0.717, 1.165) is 24.8 Å². The normalized spacial score (nSPS) is 15.1. The van der Waals surface area contributed by atoms with Gasteiger partial charge >= 0.3 is 11.9 Å². The zero-order valence-corrected chi connectivity index (χ0v) is 18.3. The topological polar surface area (TPSA) is 71.1 Å². The van der Waals surface area contributed by atoms with E-state index in [4.69, 9.17) is 18.9 Å². The van der Waals surface area contributed by atoms with E-state index in [-0.39, 0.29) is 12.7 Å². The Hall–Kier alpha value is -3.64. The van der Waals surface area contributed by atoms with Crippen LogP contribution in [-0.4, -0.2) is 37.9 Å². The maximum Gasteiger partial charge on any atom is 0.347 e. The SMILES string of the molecule is O=C(OCC1CCCO1)c1ccc(OC(=O)c2ccccc2OCCc2ccccc2)cc1. The van der Waals surface area contributed by atoms with Gasteiger partial charge in [0.25, 0.3) is 0 Å². The molecule has 1 saturated heterocycles. The summed E-state index contributed by atoms with van der Waals surface area (Å²) in [7, 11) is 0. The molecular weight excluding hydrogens is 420 g/mol. The van der Waals surface area contributed by atoms with Crippen LogP contribution in [0.15, 0.2) is 78.9 Å². The van der Waals surface area contributed by atoms with Gasteiger partial charge in [-0.1, -0.05) is 42.5 Å². The lowest BCUT2D eigenvalue weighted by Gasteiger charge is -2.12. The minimum Gasteiger partial charge on any atom is -0.492 e. The van der Waals surface area contributed by atoms with E-state index in [9.17, 15) is 9.59 Å². The summed E-state index contributed by atoms with van der Waals surface area (Å²) in [6.07, 6.45) is 2.60. The molecule has 3 aromatic carbocycles. The Morgan fingerprint density at radius 3 is 2.39 bits per heavy atom. The van der Waals surface area contributed by atoms with Crippen molar-refractivity contribution < 1.29 is 28.5 Å². The second kappa shape index (κ2) is 11.3. The highest BCUT2D eigenvalue weighted by Crippen LogP contribution is 2.22. The molecule has 3 aromatic rings. The molecule has 1 unspecified atom stereocenters. The van der Waals surface area contributed by atoms with Crippen molar-refractivity contribution in [2.75, 3.05) is 19.8 Å². The molecule has 170 valence electrons. The van der Waals surface area contributed by atoms with E-state index < -0.39 is 11.9 Å². The Bertz CT molecular complexity index is 1060. The Morgan fingerprint density at radius 2 is 1.64 bits per heavy atom. The van der Waals surface area contributed by atoms with Gasteiger partial charge in [-0.15, -0.1) is 0 Å². The van der Waals surface area contributed by atoms with Crippen molar-refractivity contribution in [3.8, 4) is 11.5 Å². The fourth-order valence-corrected chi connectivity index (χ4v) is 3.53. The van der Waals surface area contributed by atoms with Gasteiger partial charge in [-0.2, -0.15) is 0 Å². The highest BCUT2D eigenvalue weighted by atomic mass is 16.6. The molecular formula is C27H26O6. The van der Waals surface area contributed by atoms with Gasteiger partial charge in [0.15, 0.2) is 0 Å². The summed E-state index contributed by atoms with van der Waals surface area (Å²) in [6.45, 7) is 1.40. The molecule has 0 aliphatic carbocycles. The third-order valence-electron chi connectivity index (χ3n) is 5.32. The number of carbonyl (C=O) groups is 2. The number of carbonyl (C=O) groups excluding carboxylic acids is 2. The van der Waals surface area contributed by atoms with E-state index in [1.165, 1.54) is 0 Å². The van der Waals surface area contributed by atoms with Gasteiger partial charge in [0, 0.05) is 13.0 Å². The van der Waals surface area contributed by atoms with Crippen LogP contribution >= 0.6 is 0 Å². The van der Waals surface area contributed by atoms with E-state index in [0.29, 0.717) is 35.8 Å². The van der Waals surface area contributed by atoms with Crippen LogP contribution in [-0.2, 0) is 15.9 Å². The molecule has 1 heterocycles. The first-order chi connectivity index (χ1) is 16.2. The molecule has 0 saturated carbocycles. The third kappa shape index (κ3) is 6.43. The van der Waals surface area contributed by atoms with Crippen molar-refractivity contribution in [3.63, 3.8) is 0 Å². The lowest BCUT2D eigenvalue weighted by atomic mass is 10.1. The first-order valence-corrected chi connectivity index (χ1v) is 11.1. The van der Waals surface area contributed by atoms with Crippen LogP contribution < -0.4 is 9.47 Å². The predicted molar refractivity (Wildman–Crippen MR) is 123 cm³/mol. The Kier molecular flexibility index (Phi) is 7.72. The van der Waals surface area contributed by atoms with Gasteiger partial charge in [-0.05, 0) is 54.8 Å². The summed E-state index contributed by atoms with van der Waals surface area (Å²) < 4.78 is 22.1. The van der Waals surface area contributed by atoms with Crippen molar-refractivity contribution in [1.82, 2.24) is 0 Å². The van der Waals surface area contributed by atoms with Crippen LogP contribution in [0.3, 0.4) is 0 Å². The van der Waals surface area contributed by atoms with E-state index in [2.05, 4.69) is 0 Å². The standard InChI is InChI=1S/C27H26O6/c28-26(32-19-23-9-6-17-30-23)21-12-14-22(15-13-21)33-27(29)24-10-4-5-11-25(24)31-18-16-20-7-2-1-3-8-20/h1-5,7-8,10-15,23H,6,9,16-19H2. The summed E-state index contributed by atoms with van der Waals surface area (Å²) in [5.41, 5.74) is 1.88. The number of hydrogen-bond acceptors (Lipinski definition) is 6. The molecule has 33 heavy (non-hydrogen) atoms. The largest absolute Gasteiger partial charge is 0.492 e. The van der Waals surface area contributed by atoms with Gasteiger partial charge in [-0.3, -0.25) is 0 Å². The molecule has 6 heteroatoms. The van der Waals surface area contributed by atoms with Gasteiger partial charge < -0.3 is 18.9 Å². The molecule has 1 atom stereocenters. The first-order valence-electron chi connectivity index (χ1n) is 11.1. The van der Waals surface area contributed by atoms with Crippen molar-refractivity contribution in [3.05, 3.63) is 95.6 Å². The molecule has 0 radical (unpaired) electrons. The van der Waals surface area contributed by atoms with Gasteiger partial charge in [0.05, 0.1) is 18.3 Å². The summed E-state index contributed by atoms with van der Waals surface area (Å²) in [4.78, 5) is 24.9. The zero-order chi connectivity index (χ0) is 22.9. The molecule has 4 rings (SSSR count). The summed E-state index contributed by atoms with van der Waals surface area (Å²) >= 11 is 0. The summed E-state index contributed by atoms with van der Waals surface area (Å²) in [5.74, 6) is -0.165. The highest BCUT2D eigenvalue weighted by molar-refractivity contribution is 5.94. The fraction of sp³-hybridized carbons (Fsp3) is 0.259. The summed E-state index contributed by atoms with van der Waals surface area (Å²) in [6, 6.07) is 23.3. The van der Waals surface area contributed by atoms with Crippen LogP contribution in [0.4, 0.5) is 0 Å². The van der Waals surface area contributed by atoms with Gasteiger partial charge in [0.2, 0.25) is 0 Å². The second-order valence-corrected chi connectivity index (χ2v) is 7.73. The minimum atomic E-state index is -0.529. The smallest absolute Gasteiger partial charge is 0.347 e. The summed E-state index contributed by atoms with van der Waals surface area (Å²) in [5, 5.41) is 0. The van der Waals surface area contributed by atoms with E-state index in [1.54, 1.807) is 42.5 Å². The van der Waals surface area contributed by atoms with Crippen LogP contribution in [0.1, 0.15) is 39.1 Å². The van der Waals surface area contributed by atoms with E-state index in [1.807, 2.05) is 36.4 Å². The number of para-hydroxylation sites is 1. The average molecular weight is 446 g/mol. The Morgan fingerprint density at radius 1 is 0.879 bits per heavy atom. The molecule has 0 spiro atoms. The molecule has 1 aliphatic rings. The van der Waals surface area contributed by atoms with Crippen molar-refractivity contribution in [2.45, 2.75) is 25.4 Å². The molecule has 1 fully saturated rings. The Balaban J connectivity index is 1.31. The van der Waals surface area contributed by atoms with Crippen LogP contribution in [0, 0.1) is 0 Å². The average Bonchev–Trinajstić information content (AvgIpc) is 3.38. The highest BCUT2D eigenvalue weighted by Gasteiger charge is 2.19. The fourth-order valence-electron chi connectivity index (χ4n) is 3.53. The zero-order valence-electron chi connectivity index (χ0n) is 18.3. The van der Waals surface area contributed by atoms with Crippen molar-refractivity contribution in [1.29, 1.82) is 0 Å². The molecule has 0 bridgehead atoms. The third-order valence-corrected chi connectivity index (χ3v) is 5.32. The van der Waals surface area contributed by atoms with E-state index >= 15 is 0 Å². The van der Waals surface area contributed by atoms with Crippen molar-refractivity contribution >= 4 is 11.9 Å². The number of benzene rings is 3. The molecule has 6 nitrogen and oxygen atoms in total. The molecule has 0 amide bonds. The maximum absolute atomic E-state index is 12.7. The van der Waals surface area contributed by atoms with Crippen molar-refractivity contribution in [2.24, 2.45) is 0 Å². The number of esters is 2. The molecule has 0 N–H and O–H groups in total. The minimum absolute atomic E-state index is 0.0239. The molecule has 0 aromatic heterocycles. The van der Waals surface area contributed by atoms with Crippen LogP contribution in [0.5, 0.6) is 11.5 Å². The number of rotatable bonds is 9.